The normalized spacial score (nSPS) is 15.3. The summed E-state index contributed by atoms with van der Waals surface area (Å²) in [5, 5.41) is 3.46. The molecule has 0 bridgehead atoms. The lowest BCUT2D eigenvalue weighted by Crippen LogP contribution is -3.15. The molecule has 5 nitrogen and oxygen atoms in total. The largest absolute Gasteiger partial charge is 0.321 e. The van der Waals surface area contributed by atoms with Crippen molar-refractivity contribution in [3.63, 3.8) is 0 Å². The second-order valence-corrected chi connectivity index (χ2v) is 7.10. The number of fused-ring (bicyclic) bond motifs is 1. The van der Waals surface area contributed by atoms with Crippen molar-refractivity contribution in [2.24, 2.45) is 0 Å². The Bertz CT molecular complexity index is 807. The summed E-state index contributed by atoms with van der Waals surface area (Å²) in [4.78, 5) is 27.8. The molecule has 3 rings (SSSR count). The molecule has 2 aromatic rings. The molecular weight excluding hydrogens is 350 g/mol. The number of benzene rings is 2. The Balaban J connectivity index is 1.59. The molecule has 26 heavy (non-hydrogen) atoms. The predicted molar refractivity (Wildman–Crippen MR) is 104 cm³/mol. The van der Waals surface area contributed by atoms with Gasteiger partial charge in [0.25, 0.3) is 11.8 Å². The van der Waals surface area contributed by atoms with Gasteiger partial charge in [0.05, 0.1) is 7.05 Å². The number of hydrogen-bond acceptors (Lipinski definition) is 2. The molecule has 1 aliphatic rings. The number of carbonyl (C=O) groups excluding carboxylic acids is 2. The minimum Gasteiger partial charge on any atom is -0.321 e. The fourth-order valence-corrected chi connectivity index (χ4v) is 3.28. The van der Waals surface area contributed by atoms with Crippen LogP contribution in [0.2, 0.25) is 5.02 Å². The molecule has 1 heterocycles. The molecular formula is C20H23ClN3O2+. The molecule has 2 amide bonds. The van der Waals surface area contributed by atoms with Crippen LogP contribution in [0.4, 0.5) is 11.4 Å². The van der Waals surface area contributed by atoms with Gasteiger partial charge < -0.3 is 15.1 Å². The van der Waals surface area contributed by atoms with Crippen LogP contribution in [0.15, 0.2) is 48.5 Å². The molecule has 2 N–H and O–H groups in total. The molecule has 0 aliphatic carbocycles. The van der Waals surface area contributed by atoms with Gasteiger partial charge in [-0.15, -0.1) is 0 Å². The summed E-state index contributed by atoms with van der Waals surface area (Å²) in [6.07, 6.45) is 0.880. The topological polar surface area (TPSA) is 53.9 Å². The number of quaternary nitrogens is 1. The maximum atomic E-state index is 12.9. The van der Waals surface area contributed by atoms with Gasteiger partial charge in [-0.25, -0.2) is 0 Å². The zero-order valence-electron chi connectivity index (χ0n) is 15.0. The minimum absolute atomic E-state index is 0.0479. The van der Waals surface area contributed by atoms with Crippen LogP contribution in [-0.2, 0) is 16.0 Å². The number of carbonyl (C=O) groups is 2. The number of anilines is 2. The Morgan fingerprint density at radius 2 is 1.88 bits per heavy atom. The third-order valence-electron chi connectivity index (χ3n) is 4.83. The summed E-state index contributed by atoms with van der Waals surface area (Å²) in [7, 11) is 1.87. The van der Waals surface area contributed by atoms with Crippen molar-refractivity contribution < 1.29 is 14.5 Å². The van der Waals surface area contributed by atoms with Gasteiger partial charge in [-0.2, -0.15) is 0 Å². The molecule has 0 spiro atoms. The first kappa shape index (κ1) is 18.4. The van der Waals surface area contributed by atoms with Gasteiger partial charge >= 0.3 is 0 Å². The third kappa shape index (κ3) is 4.06. The summed E-state index contributed by atoms with van der Waals surface area (Å²) < 4.78 is 0. The van der Waals surface area contributed by atoms with Crippen LogP contribution in [0.3, 0.4) is 0 Å². The van der Waals surface area contributed by atoms with Gasteiger partial charge in [0, 0.05) is 22.9 Å². The molecule has 1 unspecified atom stereocenters. The third-order valence-corrected chi connectivity index (χ3v) is 5.08. The highest BCUT2D eigenvalue weighted by Gasteiger charge is 2.32. The van der Waals surface area contributed by atoms with E-state index in [1.807, 2.05) is 37.1 Å². The van der Waals surface area contributed by atoms with E-state index in [0.29, 0.717) is 17.3 Å². The second kappa shape index (κ2) is 7.89. The summed E-state index contributed by atoms with van der Waals surface area (Å²) in [6.45, 7) is 2.78. The lowest BCUT2D eigenvalue weighted by atomic mass is 10.2. The molecule has 0 aromatic heterocycles. The fourth-order valence-electron chi connectivity index (χ4n) is 3.16. The van der Waals surface area contributed by atoms with Gasteiger partial charge in [-0.05, 0) is 49.2 Å². The SMILES string of the molecule is C[C@H](C(=O)N1CCc2ccccc21)[NH+](C)CC(=O)Nc1ccc(Cl)cc1. The molecule has 2 atom stereocenters. The average molecular weight is 373 g/mol. The lowest BCUT2D eigenvalue weighted by Gasteiger charge is -2.25. The molecule has 2 aromatic carbocycles. The highest BCUT2D eigenvalue weighted by atomic mass is 35.5. The summed E-state index contributed by atoms with van der Waals surface area (Å²) >= 11 is 5.85. The quantitative estimate of drug-likeness (QED) is 0.840. The number of nitrogens with zero attached hydrogens (tertiary/aromatic N) is 1. The number of halogens is 1. The minimum atomic E-state index is -0.308. The van der Waals surface area contributed by atoms with Crippen LogP contribution in [0.25, 0.3) is 0 Å². The molecule has 6 heteroatoms. The van der Waals surface area contributed by atoms with Crippen molar-refractivity contribution in [1.82, 2.24) is 0 Å². The van der Waals surface area contributed by atoms with Gasteiger partial charge in [0.15, 0.2) is 12.6 Å². The number of nitrogens with one attached hydrogen (secondary N) is 2. The first-order valence-electron chi connectivity index (χ1n) is 8.72. The highest BCUT2D eigenvalue weighted by Crippen LogP contribution is 2.27. The van der Waals surface area contributed by atoms with E-state index in [2.05, 4.69) is 11.4 Å². The van der Waals surface area contributed by atoms with E-state index in [0.717, 1.165) is 17.0 Å². The summed E-state index contributed by atoms with van der Waals surface area (Å²) in [5.74, 6) is -0.0852. The average Bonchev–Trinajstić information content (AvgIpc) is 3.06. The van der Waals surface area contributed by atoms with Crippen LogP contribution < -0.4 is 15.1 Å². The van der Waals surface area contributed by atoms with E-state index in [4.69, 9.17) is 11.6 Å². The van der Waals surface area contributed by atoms with Gasteiger partial charge in [-0.1, -0.05) is 29.8 Å². The zero-order valence-corrected chi connectivity index (χ0v) is 15.7. The molecule has 0 radical (unpaired) electrons. The molecule has 0 fully saturated rings. The molecule has 0 saturated heterocycles. The fraction of sp³-hybridized carbons (Fsp3) is 0.300. The first-order valence-corrected chi connectivity index (χ1v) is 9.10. The Kier molecular flexibility index (Phi) is 5.59. The van der Waals surface area contributed by atoms with Crippen LogP contribution >= 0.6 is 11.6 Å². The van der Waals surface area contributed by atoms with Gasteiger partial charge in [-0.3, -0.25) is 9.59 Å². The number of para-hydroxylation sites is 1. The maximum Gasteiger partial charge on any atom is 0.284 e. The first-order chi connectivity index (χ1) is 12.5. The summed E-state index contributed by atoms with van der Waals surface area (Å²) in [5.41, 5.74) is 2.88. The number of likely N-dealkylation sites (N-methyl/N-ethyl adjacent to an activating group) is 1. The number of hydrogen-bond donors (Lipinski definition) is 2. The van der Waals surface area contributed by atoms with Gasteiger partial charge in [0.2, 0.25) is 0 Å². The van der Waals surface area contributed by atoms with Crippen molar-refractivity contribution >= 4 is 34.8 Å². The maximum absolute atomic E-state index is 12.9. The molecule has 1 aliphatic heterocycles. The van der Waals surface area contributed by atoms with Crippen molar-refractivity contribution in [1.29, 1.82) is 0 Å². The Hall–Kier alpha value is -2.37. The Labute approximate surface area is 158 Å². The number of amides is 2. The molecule has 136 valence electrons. The highest BCUT2D eigenvalue weighted by molar-refractivity contribution is 6.30. The second-order valence-electron chi connectivity index (χ2n) is 6.67. The van der Waals surface area contributed by atoms with Crippen LogP contribution in [0.1, 0.15) is 12.5 Å². The Morgan fingerprint density at radius 1 is 1.19 bits per heavy atom. The van der Waals surface area contributed by atoms with E-state index in [1.54, 1.807) is 24.3 Å². The smallest absolute Gasteiger partial charge is 0.284 e. The monoisotopic (exact) mass is 372 g/mol. The Morgan fingerprint density at radius 3 is 2.62 bits per heavy atom. The van der Waals surface area contributed by atoms with Crippen molar-refractivity contribution in [3.8, 4) is 0 Å². The number of rotatable bonds is 5. The van der Waals surface area contributed by atoms with Crippen LogP contribution in [-0.4, -0.2) is 38.0 Å². The van der Waals surface area contributed by atoms with E-state index >= 15 is 0 Å². The van der Waals surface area contributed by atoms with E-state index < -0.39 is 0 Å². The van der Waals surface area contributed by atoms with Crippen molar-refractivity contribution in [2.75, 3.05) is 30.4 Å². The van der Waals surface area contributed by atoms with Crippen LogP contribution in [0, 0.1) is 0 Å². The van der Waals surface area contributed by atoms with Crippen LogP contribution in [0.5, 0.6) is 0 Å². The zero-order chi connectivity index (χ0) is 18.7. The molecule has 0 saturated carbocycles. The van der Waals surface area contributed by atoms with E-state index in [-0.39, 0.29) is 24.4 Å². The standard InChI is InChI=1S/C20H22ClN3O2/c1-14(20(26)24-12-11-15-5-3-4-6-18(15)24)23(2)13-19(25)22-17-9-7-16(21)8-10-17/h3-10,14H,11-13H2,1-2H3,(H,22,25)/p+1/t14-/m1/s1. The predicted octanol–water partition coefficient (Wildman–Crippen LogP) is 1.77. The van der Waals surface area contributed by atoms with Crippen molar-refractivity contribution in [3.05, 3.63) is 59.1 Å². The summed E-state index contributed by atoms with van der Waals surface area (Å²) in [6, 6.07) is 14.6. The van der Waals surface area contributed by atoms with E-state index in [9.17, 15) is 9.59 Å². The lowest BCUT2D eigenvalue weighted by molar-refractivity contribution is -0.885. The van der Waals surface area contributed by atoms with Crippen molar-refractivity contribution in [2.45, 2.75) is 19.4 Å². The van der Waals surface area contributed by atoms with Gasteiger partial charge in [0.1, 0.15) is 0 Å². The van der Waals surface area contributed by atoms with E-state index in [1.165, 1.54) is 5.56 Å².